The molecule has 4 nitrogen and oxygen atoms in total. The molecule has 0 aromatic heterocycles. The molecule has 0 aliphatic rings. The van der Waals surface area contributed by atoms with Crippen molar-refractivity contribution in [2.75, 3.05) is 25.1 Å². The zero-order valence-corrected chi connectivity index (χ0v) is 11.9. The highest BCUT2D eigenvalue weighted by Gasteiger charge is 2.09. The molecule has 0 bridgehead atoms. The molecule has 0 amide bonds. The second-order valence-corrected chi connectivity index (χ2v) is 4.44. The van der Waals surface area contributed by atoms with Crippen molar-refractivity contribution in [3.63, 3.8) is 0 Å². The molecule has 0 aliphatic carbocycles. The first-order valence-electron chi connectivity index (χ1n) is 6.50. The van der Waals surface area contributed by atoms with Crippen LogP contribution in [-0.2, 0) is 9.53 Å². The van der Waals surface area contributed by atoms with Gasteiger partial charge in [0, 0.05) is 26.2 Å². The molecule has 0 fully saturated rings. The summed E-state index contributed by atoms with van der Waals surface area (Å²) in [5.41, 5.74) is 0.961. The van der Waals surface area contributed by atoms with Crippen molar-refractivity contribution in [2.24, 2.45) is 0 Å². The minimum absolute atomic E-state index is 0.00907. The fraction of sp³-hybridized carbons (Fsp3) is 0.312. The topological polar surface area (TPSA) is 49.8 Å². The lowest BCUT2D eigenvalue weighted by Crippen LogP contribution is -2.32. The van der Waals surface area contributed by atoms with E-state index in [1.165, 1.54) is 6.92 Å². The Bertz CT molecular complexity index is 450. The highest BCUT2D eigenvalue weighted by molar-refractivity contribution is 5.65. The third-order valence-corrected chi connectivity index (χ3v) is 2.61. The van der Waals surface area contributed by atoms with E-state index < -0.39 is 6.10 Å². The summed E-state index contributed by atoms with van der Waals surface area (Å²) in [6.45, 7) is 1.72. The summed E-state index contributed by atoms with van der Waals surface area (Å²) in [6, 6.07) is 17.5. The van der Waals surface area contributed by atoms with E-state index in [9.17, 15) is 9.90 Å². The molecule has 0 saturated heterocycles. The van der Waals surface area contributed by atoms with E-state index in [2.05, 4.69) is 0 Å². The molecule has 1 rings (SSSR count). The highest BCUT2D eigenvalue weighted by Crippen LogP contribution is 2.09. The molecule has 108 valence electrons. The van der Waals surface area contributed by atoms with Gasteiger partial charge in [0.2, 0.25) is 0 Å². The minimum atomic E-state index is -0.715. The SMILES string of the molecule is CC(=O)OCC(O)CN(C)c1ccccccccc1. The lowest BCUT2D eigenvalue weighted by molar-refractivity contribution is -0.143. The number of hydrogen-bond donors (Lipinski definition) is 1. The summed E-state index contributed by atoms with van der Waals surface area (Å²) < 4.78 is 4.79. The van der Waals surface area contributed by atoms with Gasteiger partial charge in [-0.25, -0.2) is 0 Å². The van der Waals surface area contributed by atoms with E-state index in [-0.39, 0.29) is 12.6 Å². The van der Waals surface area contributed by atoms with Crippen molar-refractivity contribution in [3.05, 3.63) is 54.6 Å². The smallest absolute Gasteiger partial charge is 0.302 e. The zero-order chi connectivity index (χ0) is 14.8. The second kappa shape index (κ2) is 8.93. The molecule has 1 N–H and O–H groups in total. The monoisotopic (exact) mass is 275 g/mol. The molecule has 0 saturated carbocycles. The number of aliphatic hydroxyl groups excluding tert-OH is 1. The van der Waals surface area contributed by atoms with Gasteiger partial charge in [0.05, 0.1) is 0 Å². The third-order valence-electron chi connectivity index (χ3n) is 2.61. The second-order valence-electron chi connectivity index (χ2n) is 4.44. The third kappa shape index (κ3) is 6.75. The molecule has 0 heterocycles. The van der Waals surface area contributed by atoms with E-state index in [0.717, 1.165) is 5.69 Å². The number of carbonyl (C=O) groups excluding carboxylic acids is 1. The quantitative estimate of drug-likeness (QED) is 0.837. The van der Waals surface area contributed by atoms with Crippen LogP contribution >= 0.6 is 0 Å². The standard InChI is InChI=1S/C16H21NO3/c1-14(18)20-13-16(19)12-17(2)15-10-8-6-4-3-5-7-9-11-15/h3-11,16,19H,12-13H2,1-2H3. The Hall–Kier alpha value is -2.07. The average molecular weight is 275 g/mol. The maximum atomic E-state index is 10.7. The number of ether oxygens (including phenoxy) is 1. The van der Waals surface area contributed by atoms with Crippen LogP contribution in [0.25, 0.3) is 0 Å². The average Bonchev–Trinajstić information content (AvgIpc) is 2.42. The van der Waals surface area contributed by atoms with Gasteiger partial charge in [0.15, 0.2) is 0 Å². The van der Waals surface area contributed by atoms with E-state index in [4.69, 9.17) is 4.74 Å². The molecule has 1 unspecified atom stereocenters. The largest absolute Gasteiger partial charge is 0.463 e. The molecule has 0 aliphatic heterocycles. The summed E-state index contributed by atoms with van der Waals surface area (Å²) in [7, 11) is 1.88. The molecule has 1 aromatic rings. The van der Waals surface area contributed by atoms with Gasteiger partial charge in [0.25, 0.3) is 0 Å². The van der Waals surface area contributed by atoms with Gasteiger partial charge in [-0.3, -0.25) is 4.79 Å². The molecule has 20 heavy (non-hydrogen) atoms. The van der Waals surface area contributed by atoms with Gasteiger partial charge in [0.1, 0.15) is 12.7 Å². The lowest BCUT2D eigenvalue weighted by Gasteiger charge is -2.22. The number of rotatable bonds is 5. The fourth-order valence-electron chi connectivity index (χ4n) is 1.63. The number of hydrogen-bond acceptors (Lipinski definition) is 4. The summed E-state index contributed by atoms with van der Waals surface area (Å²) >= 11 is 0. The maximum absolute atomic E-state index is 10.7. The van der Waals surface area contributed by atoms with Crippen LogP contribution in [0.4, 0.5) is 5.69 Å². The van der Waals surface area contributed by atoms with Gasteiger partial charge < -0.3 is 14.7 Å². The van der Waals surface area contributed by atoms with Crippen LogP contribution in [0.2, 0.25) is 0 Å². The Kier molecular flexibility index (Phi) is 7.14. The van der Waals surface area contributed by atoms with Crippen molar-refractivity contribution in [3.8, 4) is 0 Å². The van der Waals surface area contributed by atoms with Crippen LogP contribution in [-0.4, -0.2) is 37.4 Å². The molecule has 1 aromatic carbocycles. The van der Waals surface area contributed by atoms with Crippen molar-refractivity contribution in [2.45, 2.75) is 13.0 Å². The van der Waals surface area contributed by atoms with Gasteiger partial charge in [-0.05, 0) is 12.1 Å². The van der Waals surface area contributed by atoms with Crippen LogP contribution < -0.4 is 4.90 Å². The van der Waals surface area contributed by atoms with E-state index in [1.54, 1.807) is 0 Å². The van der Waals surface area contributed by atoms with Crippen molar-refractivity contribution in [1.82, 2.24) is 0 Å². The number of nitrogens with zero attached hydrogens (tertiary/aromatic N) is 1. The molecule has 0 radical (unpaired) electrons. The first-order chi connectivity index (χ1) is 9.59. The van der Waals surface area contributed by atoms with Crippen LogP contribution in [0.3, 0.4) is 0 Å². The zero-order valence-electron chi connectivity index (χ0n) is 11.9. The fourth-order valence-corrected chi connectivity index (χ4v) is 1.63. The maximum Gasteiger partial charge on any atom is 0.302 e. The number of carbonyl (C=O) groups is 1. The number of anilines is 1. The predicted molar refractivity (Wildman–Crippen MR) is 80.0 cm³/mol. The number of esters is 1. The molecular formula is C16H21NO3. The summed E-state index contributed by atoms with van der Waals surface area (Å²) in [5.74, 6) is -0.385. The number of likely N-dealkylation sites (N-methyl/N-ethyl adjacent to an activating group) is 1. The Morgan fingerprint density at radius 1 is 1.15 bits per heavy atom. The van der Waals surface area contributed by atoms with Gasteiger partial charge in [-0.1, -0.05) is 42.5 Å². The molecule has 0 spiro atoms. The van der Waals surface area contributed by atoms with Crippen molar-refractivity contribution >= 4 is 11.7 Å². The van der Waals surface area contributed by atoms with Crippen LogP contribution in [0.5, 0.6) is 0 Å². The van der Waals surface area contributed by atoms with Crippen LogP contribution in [0.15, 0.2) is 54.6 Å². The Morgan fingerprint density at radius 3 is 2.15 bits per heavy atom. The van der Waals surface area contributed by atoms with Crippen molar-refractivity contribution in [1.29, 1.82) is 0 Å². The lowest BCUT2D eigenvalue weighted by atomic mass is 10.3. The van der Waals surface area contributed by atoms with E-state index in [1.807, 2.05) is 66.5 Å². The molecular weight excluding hydrogens is 254 g/mol. The van der Waals surface area contributed by atoms with E-state index >= 15 is 0 Å². The number of aliphatic hydroxyl groups is 1. The Labute approximate surface area is 119 Å². The van der Waals surface area contributed by atoms with Gasteiger partial charge in [-0.2, -0.15) is 0 Å². The first-order valence-corrected chi connectivity index (χ1v) is 6.50. The summed E-state index contributed by atoms with van der Waals surface area (Å²) in [6.07, 6.45) is -0.715. The van der Waals surface area contributed by atoms with Gasteiger partial charge >= 0.3 is 5.97 Å². The van der Waals surface area contributed by atoms with Crippen LogP contribution in [0, 0.1) is 0 Å². The molecule has 4 heteroatoms. The van der Waals surface area contributed by atoms with Gasteiger partial charge in [-0.15, -0.1) is 0 Å². The normalized spacial score (nSPS) is 11.2. The predicted octanol–water partition coefficient (Wildman–Crippen LogP) is 2.17. The first kappa shape index (κ1) is 16.0. The van der Waals surface area contributed by atoms with Crippen molar-refractivity contribution < 1.29 is 14.6 Å². The van der Waals surface area contributed by atoms with E-state index in [0.29, 0.717) is 6.54 Å². The van der Waals surface area contributed by atoms with Crippen LogP contribution in [0.1, 0.15) is 6.92 Å². The molecule has 1 atom stereocenters. The Morgan fingerprint density at radius 2 is 1.65 bits per heavy atom. The minimum Gasteiger partial charge on any atom is -0.463 e. The highest BCUT2D eigenvalue weighted by atomic mass is 16.5. The Balaban J connectivity index is 2.71. The summed E-state index contributed by atoms with van der Waals surface area (Å²) in [4.78, 5) is 12.6. The summed E-state index contributed by atoms with van der Waals surface area (Å²) in [5, 5.41) is 9.81.